The van der Waals surface area contributed by atoms with Crippen molar-refractivity contribution in [1.82, 2.24) is 9.47 Å². The fourth-order valence-corrected chi connectivity index (χ4v) is 5.29. The Morgan fingerprint density at radius 1 is 1.13 bits per heavy atom. The number of benzene rings is 1. The largest absolute Gasteiger partial charge is 0.379 e. The molecule has 0 unspecified atom stereocenters. The van der Waals surface area contributed by atoms with Gasteiger partial charge in [-0.05, 0) is 36.4 Å². The van der Waals surface area contributed by atoms with E-state index >= 15 is 0 Å². The Kier molecular flexibility index (Phi) is 6.21. The predicted molar refractivity (Wildman–Crippen MR) is 117 cm³/mol. The molecule has 1 saturated heterocycles. The monoisotopic (exact) mass is 448 g/mol. The quantitative estimate of drug-likeness (QED) is 0.574. The molecule has 3 heterocycles. The number of carbonyl (C=O) groups excluding carboxylic acids is 1. The Bertz CT molecular complexity index is 1150. The highest BCUT2D eigenvalue weighted by Crippen LogP contribution is 2.23. The predicted octanol–water partition coefficient (Wildman–Crippen LogP) is 1.86. The molecule has 0 radical (unpaired) electrons. The number of carbonyl (C=O) groups is 1. The van der Waals surface area contributed by atoms with Gasteiger partial charge in [0.05, 0.1) is 19.6 Å². The summed E-state index contributed by atoms with van der Waals surface area (Å²) >= 11 is 1.01. The minimum atomic E-state index is -3.74. The van der Waals surface area contributed by atoms with Crippen molar-refractivity contribution < 1.29 is 17.9 Å². The molecular formula is C20H24N4O4S2. The fraction of sp³-hybridized carbons (Fsp3) is 0.350. The molecule has 0 atom stereocenters. The highest BCUT2D eigenvalue weighted by molar-refractivity contribution is 7.91. The third kappa shape index (κ3) is 5.08. The standard InChI is InChI=1S/C20H24N4O4S2/c21-30(26,27)20-4-2-17(29-20)14-19(25)22-16-1-3-18-15(13-16)5-6-24(18)8-7-23-9-11-28-12-10-23/h1-6,13H,7-12,14H2,(H,22,25)(H2,21,26,27). The number of hydrogen-bond acceptors (Lipinski definition) is 6. The minimum Gasteiger partial charge on any atom is -0.379 e. The summed E-state index contributed by atoms with van der Waals surface area (Å²) in [5.74, 6) is -0.205. The van der Waals surface area contributed by atoms with E-state index in [1.807, 2.05) is 24.3 Å². The molecule has 0 spiro atoms. The van der Waals surface area contributed by atoms with E-state index in [0.29, 0.717) is 10.6 Å². The number of morpholine rings is 1. The lowest BCUT2D eigenvalue weighted by Crippen LogP contribution is -2.38. The van der Waals surface area contributed by atoms with E-state index in [9.17, 15) is 13.2 Å². The second-order valence-electron chi connectivity index (χ2n) is 7.23. The van der Waals surface area contributed by atoms with Gasteiger partial charge in [0, 0.05) is 53.8 Å². The van der Waals surface area contributed by atoms with Gasteiger partial charge in [-0.2, -0.15) is 0 Å². The topological polar surface area (TPSA) is 107 Å². The summed E-state index contributed by atoms with van der Waals surface area (Å²) in [6.45, 7) is 5.41. The number of nitrogens with two attached hydrogens (primary N) is 1. The van der Waals surface area contributed by atoms with E-state index in [-0.39, 0.29) is 16.5 Å². The maximum absolute atomic E-state index is 12.4. The molecule has 1 fully saturated rings. The molecule has 8 nitrogen and oxygen atoms in total. The van der Waals surface area contributed by atoms with E-state index < -0.39 is 10.0 Å². The fourth-order valence-electron chi connectivity index (χ4n) is 3.52. The van der Waals surface area contributed by atoms with Crippen LogP contribution in [0.3, 0.4) is 0 Å². The number of rotatable bonds is 7. The first kappa shape index (κ1) is 21.0. The van der Waals surface area contributed by atoms with Crippen molar-refractivity contribution in [3.63, 3.8) is 0 Å². The molecule has 160 valence electrons. The maximum atomic E-state index is 12.4. The summed E-state index contributed by atoms with van der Waals surface area (Å²) < 4.78 is 30.4. The van der Waals surface area contributed by atoms with Crippen molar-refractivity contribution in [2.45, 2.75) is 17.2 Å². The molecule has 3 aromatic rings. The molecule has 0 bridgehead atoms. The van der Waals surface area contributed by atoms with Gasteiger partial charge in [0.25, 0.3) is 0 Å². The number of aromatic nitrogens is 1. The molecule has 4 rings (SSSR count). The first-order valence-electron chi connectivity index (χ1n) is 9.69. The highest BCUT2D eigenvalue weighted by atomic mass is 32.2. The maximum Gasteiger partial charge on any atom is 0.247 e. The number of ether oxygens (including phenoxy) is 1. The Balaban J connectivity index is 1.37. The number of anilines is 1. The van der Waals surface area contributed by atoms with Crippen LogP contribution in [0.25, 0.3) is 10.9 Å². The van der Waals surface area contributed by atoms with E-state index in [1.54, 1.807) is 6.07 Å². The molecule has 3 N–H and O–H groups in total. The van der Waals surface area contributed by atoms with Gasteiger partial charge in [-0.1, -0.05) is 0 Å². The van der Waals surface area contributed by atoms with Crippen molar-refractivity contribution in [2.75, 3.05) is 38.2 Å². The molecule has 2 aromatic heterocycles. The van der Waals surface area contributed by atoms with Crippen LogP contribution in [-0.2, 0) is 32.5 Å². The van der Waals surface area contributed by atoms with Crippen LogP contribution in [0, 0.1) is 0 Å². The van der Waals surface area contributed by atoms with Crippen LogP contribution in [0.1, 0.15) is 4.88 Å². The smallest absolute Gasteiger partial charge is 0.247 e. The summed E-state index contributed by atoms with van der Waals surface area (Å²) in [7, 11) is -3.74. The molecule has 1 aliphatic heterocycles. The molecule has 0 saturated carbocycles. The lowest BCUT2D eigenvalue weighted by Gasteiger charge is -2.26. The zero-order valence-corrected chi connectivity index (χ0v) is 18.0. The number of nitrogens with one attached hydrogen (secondary N) is 1. The van der Waals surface area contributed by atoms with Gasteiger partial charge in [0.15, 0.2) is 0 Å². The average Bonchev–Trinajstić information content (AvgIpc) is 3.34. The van der Waals surface area contributed by atoms with E-state index in [1.165, 1.54) is 6.07 Å². The summed E-state index contributed by atoms with van der Waals surface area (Å²) in [5, 5.41) is 9.05. The molecule has 0 aliphatic carbocycles. The van der Waals surface area contributed by atoms with Crippen molar-refractivity contribution in [1.29, 1.82) is 0 Å². The van der Waals surface area contributed by atoms with Gasteiger partial charge >= 0.3 is 0 Å². The van der Waals surface area contributed by atoms with Crippen molar-refractivity contribution >= 4 is 43.9 Å². The zero-order valence-electron chi connectivity index (χ0n) is 16.4. The SMILES string of the molecule is NS(=O)(=O)c1ccc(CC(=O)Nc2ccc3c(ccn3CCN3CCOCC3)c2)s1. The van der Waals surface area contributed by atoms with E-state index in [2.05, 4.69) is 21.0 Å². The second-order valence-corrected chi connectivity index (χ2v) is 10.2. The van der Waals surface area contributed by atoms with Gasteiger partial charge in [0.2, 0.25) is 15.9 Å². The first-order chi connectivity index (χ1) is 14.4. The number of fused-ring (bicyclic) bond motifs is 1. The summed E-state index contributed by atoms with van der Waals surface area (Å²) in [6, 6.07) is 10.9. The van der Waals surface area contributed by atoms with Crippen LogP contribution in [0.2, 0.25) is 0 Å². The molecule has 1 aliphatic rings. The van der Waals surface area contributed by atoms with Crippen LogP contribution in [-0.4, -0.2) is 56.6 Å². The number of hydrogen-bond donors (Lipinski definition) is 2. The number of sulfonamides is 1. The van der Waals surface area contributed by atoms with Crippen LogP contribution in [0.4, 0.5) is 5.69 Å². The third-order valence-corrected chi connectivity index (χ3v) is 7.59. The lowest BCUT2D eigenvalue weighted by molar-refractivity contribution is -0.115. The van der Waals surface area contributed by atoms with Gasteiger partial charge in [-0.25, -0.2) is 13.6 Å². The number of amides is 1. The third-order valence-electron chi connectivity index (χ3n) is 5.07. The van der Waals surface area contributed by atoms with Gasteiger partial charge in [-0.15, -0.1) is 11.3 Å². The van der Waals surface area contributed by atoms with Crippen molar-refractivity contribution in [3.05, 3.63) is 47.5 Å². The van der Waals surface area contributed by atoms with Crippen LogP contribution >= 0.6 is 11.3 Å². The van der Waals surface area contributed by atoms with E-state index in [4.69, 9.17) is 9.88 Å². The van der Waals surface area contributed by atoms with Crippen LogP contribution in [0.5, 0.6) is 0 Å². The number of nitrogens with zero attached hydrogens (tertiary/aromatic N) is 2. The van der Waals surface area contributed by atoms with Gasteiger partial charge < -0.3 is 14.6 Å². The first-order valence-corrected chi connectivity index (χ1v) is 12.1. The van der Waals surface area contributed by atoms with Crippen LogP contribution < -0.4 is 10.5 Å². The second kappa shape index (κ2) is 8.86. The summed E-state index contributed by atoms with van der Waals surface area (Å²) in [4.78, 5) is 15.4. The minimum absolute atomic E-state index is 0.0603. The summed E-state index contributed by atoms with van der Waals surface area (Å²) in [5.41, 5.74) is 1.83. The number of primary sulfonamides is 1. The Morgan fingerprint density at radius 3 is 2.67 bits per heavy atom. The molecule has 1 amide bonds. The van der Waals surface area contributed by atoms with Gasteiger partial charge in [0.1, 0.15) is 4.21 Å². The Morgan fingerprint density at radius 2 is 1.93 bits per heavy atom. The van der Waals surface area contributed by atoms with Crippen molar-refractivity contribution in [2.24, 2.45) is 5.14 Å². The van der Waals surface area contributed by atoms with E-state index in [0.717, 1.165) is 61.6 Å². The highest BCUT2D eigenvalue weighted by Gasteiger charge is 2.14. The zero-order chi connectivity index (χ0) is 21.1. The molecule has 30 heavy (non-hydrogen) atoms. The molecular weight excluding hydrogens is 424 g/mol. The van der Waals surface area contributed by atoms with Crippen molar-refractivity contribution in [3.8, 4) is 0 Å². The average molecular weight is 449 g/mol. The Labute approximate surface area is 179 Å². The summed E-state index contributed by atoms with van der Waals surface area (Å²) in [6.07, 6.45) is 2.16. The lowest BCUT2D eigenvalue weighted by atomic mass is 10.2. The normalized spacial score (nSPS) is 15.5. The molecule has 10 heteroatoms. The number of thiophene rings is 1. The van der Waals surface area contributed by atoms with Gasteiger partial charge in [-0.3, -0.25) is 9.69 Å². The molecule has 1 aromatic carbocycles. The van der Waals surface area contributed by atoms with Crippen LogP contribution in [0.15, 0.2) is 46.8 Å². The Hall–Kier alpha value is -2.24.